The third-order valence-electron chi connectivity index (χ3n) is 3.34. The van der Waals surface area contributed by atoms with Crippen molar-refractivity contribution in [2.75, 3.05) is 25.6 Å². The Morgan fingerprint density at radius 1 is 1.26 bits per heavy atom. The normalized spacial score (nSPS) is 10.6. The lowest BCUT2D eigenvalue weighted by atomic mass is 10.0. The minimum absolute atomic E-state index is 0.246. The summed E-state index contributed by atoms with van der Waals surface area (Å²) < 4.78 is 4.91. The van der Waals surface area contributed by atoms with Crippen LogP contribution in [0.1, 0.15) is 35.8 Å². The molecule has 1 aromatic carbocycles. The van der Waals surface area contributed by atoms with Gasteiger partial charge in [0, 0.05) is 25.4 Å². The maximum absolute atomic E-state index is 12.0. The van der Waals surface area contributed by atoms with Gasteiger partial charge in [0.25, 0.3) is 5.91 Å². The number of hydrogen-bond acceptors (Lipinski definition) is 5. The third kappa shape index (κ3) is 4.75. The van der Waals surface area contributed by atoms with Crippen LogP contribution in [0.15, 0.2) is 36.7 Å². The summed E-state index contributed by atoms with van der Waals surface area (Å²) in [5.41, 5.74) is 2.49. The average molecular weight is 314 g/mol. The van der Waals surface area contributed by atoms with E-state index in [1.54, 1.807) is 13.2 Å². The molecule has 0 atom stereocenters. The minimum atomic E-state index is -0.246. The first kappa shape index (κ1) is 16.9. The van der Waals surface area contributed by atoms with Crippen LogP contribution in [-0.4, -0.2) is 36.1 Å². The quantitative estimate of drug-likeness (QED) is 0.769. The molecule has 0 aliphatic rings. The molecule has 0 radical (unpaired) electrons. The summed E-state index contributed by atoms with van der Waals surface area (Å²) in [6.45, 7) is 5.17. The number of methoxy groups -OCH3 is 1. The van der Waals surface area contributed by atoms with E-state index in [-0.39, 0.29) is 5.91 Å². The topological polar surface area (TPSA) is 76.1 Å². The molecule has 0 aliphatic carbocycles. The lowest BCUT2D eigenvalue weighted by Crippen LogP contribution is -2.27. The van der Waals surface area contributed by atoms with Gasteiger partial charge in [-0.25, -0.2) is 9.97 Å². The van der Waals surface area contributed by atoms with Gasteiger partial charge in [0.1, 0.15) is 17.8 Å². The summed E-state index contributed by atoms with van der Waals surface area (Å²) in [5, 5.41) is 6.00. The summed E-state index contributed by atoms with van der Waals surface area (Å²) in [5.74, 6) is 0.729. The summed E-state index contributed by atoms with van der Waals surface area (Å²) in [7, 11) is 1.59. The van der Waals surface area contributed by atoms with Crippen LogP contribution in [0.5, 0.6) is 0 Å². The predicted molar refractivity (Wildman–Crippen MR) is 90.1 cm³/mol. The molecule has 122 valence electrons. The average Bonchev–Trinajstić information content (AvgIpc) is 2.55. The number of benzene rings is 1. The van der Waals surface area contributed by atoms with E-state index in [2.05, 4.69) is 40.5 Å². The molecule has 0 unspecified atom stereocenters. The molecule has 0 spiro atoms. The van der Waals surface area contributed by atoms with Gasteiger partial charge in [-0.1, -0.05) is 32.0 Å². The summed E-state index contributed by atoms with van der Waals surface area (Å²) in [6.07, 6.45) is 1.38. The number of carbonyl (C=O) groups is 1. The Morgan fingerprint density at radius 3 is 2.78 bits per heavy atom. The van der Waals surface area contributed by atoms with Crippen molar-refractivity contribution >= 4 is 17.4 Å². The van der Waals surface area contributed by atoms with Crippen molar-refractivity contribution in [1.82, 2.24) is 15.3 Å². The fourth-order valence-corrected chi connectivity index (χ4v) is 2.16. The fraction of sp³-hybridized carbons (Fsp3) is 0.353. The molecular formula is C17H22N4O2. The molecule has 23 heavy (non-hydrogen) atoms. The van der Waals surface area contributed by atoms with Crippen molar-refractivity contribution in [1.29, 1.82) is 0 Å². The highest BCUT2D eigenvalue weighted by molar-refractivity contribution is 5.92. The molecule has 0 fully saturated rings. The minimum Gasteiger partial charge on any atom is -0.383 e. The van der Waals surface area contributed by atoms with Gasteiger partial charge in [-0.2, -0.15) is 0 Å². The molecule has 6 heteroatoms. The number of aromatic nitrogens is 2. The first-order valence-corrected chi connectivity index (χ1v) is 7.57. The van der Waals surface area contributed by atoms with Gasteiger partial charge in [0.15, 0.2) is 0 Å². The predicted octanol–water partition coefficient (Wildman–Crippen LogP) is 2.72. The SMILES string of the molecule is COCCNC(=O)c1cc(Nc2ccccc2C(C)C)ncn1. The van der Waals surface area contributed by atoms with Crippen LogP contribution in [0.3, 0.4) is 0 Å². The molecule has 0 aliphatic heterocycles. The Balaban J connectivity index is 2.13. The zero-order valence-electron chi connectivity index (χ0n) is 13.7. The smallest absolute Gasteiger partial charge is 0.270 e. The number of ether oxygens (including phenoxy) is 1. The van der Waals surface area contributed by atoms with E-state index in [4.69, 9.17) is 4.74 Å². The van der Waals surface area contributed by atoms with Gasteiger partial charge >= 0.3 is 0 Å². The lowest BCUT2D eigenvalue weighted by Gasteiger charge is -2.14. The van der Waals surface area contributed by atoms with Gasteiger partial charge in [-0.05, 0) is 17.5 Å². The van der Waals surface area contributed by atoms with Crippen molar-refractivity contribution in [2.45, 2.75) is 19.8 Å². The standard InChI is InChI=1S/C17H22N4O2/c1-12(2)13-6-4-5-7-14(13)21-16-10-15(19-11-20-16)17(22)18-8-9-23-3/h4-7,10-12H,8-9H2,1-3H3,(H,18,22)(H,19,20,21). The van der Waals surface area contributed by atoms with Crippen LogP contribution in [0.4, 0.5) is 11.5 Å². The Morgan fingerprint density at radius 2 is 2.04 bits per heavy atom. The number of hydrogen-bond donors (Lipinski definition) is 2. The summed E-state index contributed by atoms with van der Waals surface area (Å²) >= 11 is 0. The molecular weight excluding hydrogens is 292 g/mol. The first-order chi connectivity index (χ1) is 11.1. The van der Waals surface area contributed by atoms with E-state index < -0.39 is 0 Å². The van der Waals surface area contributed by atoms with E-state index in [0.717, 1.165) is 5.69 Å². The van der Waals surface area contributed by atoms with E-state index in [9.17, 15) is 4.79 Å². The van der Waals surface area contributed by atoms with E-state index in [1.807, 2.05) is 18.2 Å². The van der Waals surface area contributed by atoms with Crippen LogP contribution in [0.2, 0.25) is 0 Å². The van der Waals surface area contributed by atoms with Gasteiger partial charge in [-0.15, -0.1) is 0 Å². The van der Waals surface area contributed by atoms with Crippen molar-refractivity contribution in [2.24, 2.45) is 0 Å². The number of anilines is 2. The first-order valence-electron chi connectivity index (χ1n) is 7.57. The maximum Gasteiger partial charge on any atom is 0.270 e. The summed E-state index contributed by atoms with van der Waals surface area (Å²) in [4.78, 5) is 20.2. The highest BCUT2D eigenvalue weighted by Gasteiger charge is 2.10. The number of rotatable bonds is 7. The number of amides is 1. The van der Waals surface area contributed by atoms with Gasteiger partial charge in [-0.3, -0.25) is 4.79 Å². The van der Waals surface area contributed by atoms with Crippen molar-refractivity contribution in [3.8, 4) is 0 Å². The molecule has 1 heterocycles. The van der Waals surface area contributed by atoms with Gasteiger partial charge in [0.2, 0.25) is 0 Å². The Labute approximate surface area is 136 Å². The molecule has 0 bridgehead atoms. The Bertz CT molecular complexity index is 659. The van der Waals surface area contributed by atoms with Gasteiger partial charge < -0.3 is 15.4 Å². The number of nitrogens with one attached hydrogen (secondary N) is 2. The number of carbonyl (C=O) groups excluding carboxylic acids is 1. The van der Waals surface area contributed by atoms with Crippen LogP contribution >= 0.6 is 0 Å². The highest BCUT2D eigenvalue weighted by Crippen LogP contribution is 2.26. The van der Waals surface area contributed by atoms with E-state index in [1.165, 1.54) is 11.9 Å². The van der Waals surface area contributed by atoms with E-state index >= 15 is 0 Å². The second kappa shape index (κ2) is 8.24. The number of para-hydroxylation sites is 1. The molecule has 0 saturated heterocycles. The van der Waals surface area contributed by atoms with Crippen molar-refractivity contribution < 1.29 is 9.53 Å². The molecule has 1 aromatic heterocycles. The van der Waals surface area contributed by atoms with Crippen LogP contribution in [0.25, 0.3) is 0 Å². The highest BCUT2D eigenvalue weighted by atomic mass is 16.5. The Kier molecular flexibility index (Phi) is 6.05. The molecule has 2 N–H and O–H groups in total. The van der Waals surface area contributed by atoms with Crippen LogP contribution < -0.4 is 10.6 Å². The Hall–Kier alpha value is -2.47. The number of nitrogens with zero attached hydrogens (tertiary/aromatic N) is 2. The molecule has 6 nitrogen and oxygen atoms in total. The lowest BCUT2D eigenvalue weighted by molar-refractivity contribution is 0.0932. The molecule has 2 aromatic rings. The van der Waals surface area contributed by atoms with Gasteiger partial charge in [0.05, 0.1) is 6.61 Å². The largest absolute Gasteiger partial charge is 0.383 e. The van der Waals surface area contributed by atoms with Crippen molar-refractivity contribution in [3.63, 3.8) is 0 Å². The molecule has 1 amide bonds. The summed E-state index contributed by atoms with van der Waals surface area (Å²) in [6, 6.07) is 9.69. The second-order valence-electron chi connectivity index (χ2n) is 5.40. The molecule has 2 rings (SSSR count). The fourth-order valence-electron chi connectivity index (χ4n) is 2.16. The third-order valence-corrected chi connectivity index (χ3v) is 3.34. The zero-order valence-corrected chi connectivity index (χ0v) is 13.7. The maximum atomic E-state index is 12.0. The van der Waals surface area contributed by atoms with Crippen LogP contribution in [-0.2, 0) is 4.74 Å². The monoisotopic (exact) mass is 314 g/mol. The zero-order chi connectivity index (χ0) is 16.7. The second-order valence-corrected chi connectivity index (χ2v) is 5.40. The van der Waals surface area contributed by atoms with Crippen molar-refractivity contribution in [3.05, 3.63) is 47.9 Å². The van der Waals surface area contributed by atoms with Crippen LogP contribution in [0, 0.1) is 0 Å². The van der Waals surface area contributed by atoms with E-state index in [0.29, 0.717) is 30.6 Å². The molecule has 0 saturated carbocycles.